The molecular weight excluding hydrogens is 264 g/mol. The molecule has 0 rings (SSSR count). The zero-order valence-corrected chi connectivity index (χ0v) is 16.0. The highest BCUT2D eigenvalue weighted by molar-refractivity contribution is 5.34. The highest BCUT2D eigenvalue weighted by atomic mass is 14.0. The second-order valence-corrected chi connectivity index (χ2v) is 6.64. The Balaban J connectivity index is 4.46. The van der Waals surface area contributed by atoms with Crippen molar-refractivity contribution in [1.29, 1.82) is 0 Å². The molecule has 0 amide bonds. The molecule has 0 N–H and O–H groups in total. The first-order valence-corrected chi connectivity index (χ1v) is 9.19. The Labute approximate surface area is 140 Å². The van der Waals surface area contributed by atoms with Gasteiger partial charge in [-0.25, -0.2) is 0 Å². The standard InChI is InChI=1S/C22H38/c1-7-9-11-13-19(3)15-17-21(5)22(6)18-16-20(4)14-12-10-8-2/h15-18H,7-14H2,1-6H3. The Morgan fingerprint density at radius 1 is 0.545 bits per heavy atom. The lowest BCUT2D eigenvalue weighted by Gasteiger charge is -2.02. The van der Waals surface area contributed by atoms with Crippen molar-refractivity contribution >= 4 is 0 Å². The van der Waals surface area contributed by atoms with Gasteiger partial charge in [-0.3, -0.25) is 0 Å². The van der Waals surface area contributed by atoms with Crippen molar-refractivity contribution in [1.82, 2.24) is 0 Å². The lowest BCUT2D eigenvalue weighted by atomic mass is 10.0. The summed E-state index contributed by atoms with van der Waals surface area (Å²) in [7, 11) is 0. The Morgan fingerprint density at radius 3 is 1.23 bits per heavy atom. The second-order valence-electron chi connectivity index (χ2n) is 6.64. The van der Waals surface area contributed by atoms with Crippen LogP contribution in [0.15, 0.2) is 46.6 Å². The number of hydrogen-bond donors (Lipinski definition) is 0. The monoisotopic (exact) mass is 302 g/mol. The van der Waals surface area contributed by atoms with Crippen molar-refractivity contribution in [2.75, 3.05) is 0 Å². The minimum atomic E-state index is 1.23. The summed E-state index contributed by atoms with van der Waals surface area (Å²) in [5, 5.41) is 0. The van der Waals surface area contributed by atoms with Gasteiger partial charge in [0.2, 0.25) is 0 Å². The van der Waals surface area contributed by atoms with Crippen LogP contribution >= 0.6 is 0 Å². The van der Waals surface area contributed by atoms with Gasteiger partial charge >= 0.3 is 0 Å². The fourth-order valence-corrected chi connectivity index (χ4v) is 2.27. The molecule has 0 atom stereocenters. The van der Waals surface area contributed by atoms with E-state index < -0.39 is 0 Å². The third kappa shape index (κ3) is 11.6. The third-order valence-electron chi connectivity index (χ3n) is 4.21. The van der Waals surface area contributed by atoms with Crippen LogP contribution in [0.5, 0.6) is 0 Å². The molecule has 0 saturated heterocycles. The number of allylic oxidation sites excluding steroid dienone is 8. The van der Waals surface area contributed by atoms with Crippen molar-refractivity contribution in [3.63, 3.8) is 0 Å². The second kappa shape index (κ2) is 13.6. The smallest absolute Gasteiger partial charge is 0.0320 e. The molecule has 0 aromatic heterocycles. The molecule has 0 aromatic carbocycles. The van der Waals surface area contributed by atoms with Crippen LogP contribution in [0.3, 0.4) is 0 Å². The first-order valence-electron chi connectivity index (χ1n) is 9.19. The van der Waals surface area contributed by atoms with Crippen LogP contribution in [0.1, 0.15) is 92.9 Å². The van der Waals surface area contributed by atoms with E-state index in [1.807, 2.05) is 0 Å². The van der Waals surface area contributed by atoms with E-state index in [9.17, 15) is 0 Å². The maximum absolute atomic E-state index is 2.29. The average molecular weight is 303 g/mol. The summed E-state index contributed by atoms with van der Waals surface area (Å²) in [4.78, 5) is 0. The maximum atomic E-state index is 2.29. The summed E-state index contributed by atoms with van der Waals surface area (Å²) < 4.78 is 0. The summed E-state index contributed by atoms with van der Waals surface area (Å²) >= 11 is 0. The molecule has 0 saturated carbocycles. The summed E-state index contributed by atoms with van der Waals surface area (Å²) in [6.45, 7) is 13.4. The van der Waals surface area contributed by atoms with Gasteiger partial charge in [0.15, 0.2) is 0 Å². The molecule has 0 nitrogen and oxygen atoms in total. The predicted molar refractivity (Wildman–Crippen MR) is 103 cm³/mol. The lowest BCUT2D eigenvalue weighted by molar-refractivity contribution is 0.713. The minimum Gasteiger partial charge on any atom is -0.0733 e. The van der Waals surface area contributed by atoms with Crippen molar-refractivity contribution in [2.45, 2.75) is 92.9 Å². The molecule has 0 radical (unpaired) electrons. The van der Waals surface area contributed by atoms with E-state index >= 15 is 0 Å². The largest absolute Gasteiger partial charge is 0.0733 e. The quantitative estimate of drug-likeness (QED) is 0.268. The van der Waals surface area contributed by atoms with Gasteiger partial charge in [0.05, 0.1) is 0 Å². The molecule has 0 aliphatic heterocycles. The highest BCUT2D eigenvalue weighted by Crippen LogP contribution is 2.14. The van der Waals surface area contributed by atoms with Gasteiger partial charge in [-0.15, -0.1) is 0 Å². The molecule has 0 fully saturated rings. The maximum Gasteiger partial charge on any atom is -0.0320 e. The third-order valence-corrected chi connectivity index (χ3v) is 4.21. The lowest BCUT2D eigenvalue weighted by Crippen LogP contribution is -1.82. The summed E-state index contributed by atoms with van der Waals surface area (Å²) in [5.41, 5.74) is 5.72. The Kier molecular flexibility index (Phi) is 13.0. The first kappa shape index (κ1) is 21.0. The van der Waals surface area contributed by atoms with Gasteiger partial charge < -0.3 is 0 Å². The van der Waals surface area contributed by atoms with Gasteiger partial charge in [0.25, 0.3) is 0 Å². The number of unbranched alkanes of at least 4 members (excludes halogenated alkanes) is 4. The minimum absolute atomic E-state index is 1.23. The molecular formula is C22H38. The molecule has 0 heteroatoms. The Bertz CT molecular complexity index is 362. The summed E-state index contributed by atoms with van der Waals surface area (Å²) in [5.74, 6) is 0. The number of hydrogen-bond acceptors (Lipinski definition) is 0. The van der Waals surface area contributed by atoms with Crippen LogP contribution in [0, 0.1) is 0 Å². The van der Waals surface area contributed by atoms with E-state index in [1.165, 1.54) is 73.7 Å². The molecule has 0 aliphatic carbocycles. The fourth-order valence-electron chi connectivity index (χ4n) is 2.27. The Hall–Kier alpha value is -1.04. The van der Waals surface area contributed by atoms with Gasteiger partial charge in [-0.05, 0) is 64.5 Å². The normalized spacial score (nSPS) is 14.6. The number of rotatable bonds is 11. The van der Waals surface area contributed by atoms with E-state index in [1.54, 1.807) is 0 Å². The van der Waals surface area contributed by atoms with Crippen molar-refractivity contribution in [3.05, 3.63) is 46.6 Å². The molecule has 0 aromatic rings. The van der Waals surface area contributed by atoms with E-state index in [0.29, 0.717) is 0 Å². The van der Waals surface area contributed by atoms with Crippen LogP contribution in [-0.2, 0) is 0 Å². The SMILES string of the molecule is CCCCCC(C)=CC=C(C)C(C)=CC=C(C)CCCCC. The molecule has 0 unspecified atom stereocenters. The van der Waals surface area contributed by atoms with Crippen LogP contribution in [0.2, 0.25) is 0 Å². The van der Waals surface area contributed by atoms with E-state index in [2.05, 4.69) is 65.8 Å². The van der Waals surface area contributed by atoms with Gasteiger partial charge in [0, 0.05) is 0 Å². The van der Waals surface area contributed by atoms with E-state index in [-0.39, 0.29) is 0 Å². The highest BCUT2D eigenvalue weighted by Gasteiger charge is 1.94. The van der Waals surface area contributed by atoms with Crippen molar-refractivity contribution in [3.8, 4) is 0 Å². The van der Waals surface area contributed by atoms with Crippen molar-refractivity contribution in [2.24, 2.45) is 0 Å². The average Bonchev–Trinajstić information content (AvgIpc) is 2.50. The fraction of sp³-hybridized carbons (Fsp3) is 0.636. The molecule has 126 valence electrons. The van der Waals surface area contributed by atoms with Crippen LogP contribution in [0.25, 0.3) is 0 Å². The molecule has 0 aliphatic rings. The Morgan fingerprint density at radius 2 is 0.909 bits per heavy atom. The van der Waals surface area contributed by atoms with E-state index in [4.69, 9.17) is 0 Å². The summed E-state index contributed by atoms with van der Waals surface area (Å²) in [6.07, 6.45) is 19.5. The molecule has 0 spiro atoms. The van der Waals surface area contributed by atoms with Crippen LogP contribution < -0.4 is 0 Å². The van der Waals surface area contributed by atoms with Gasteiger partial charge in [0.1, 0.15) is 0 Å². The van der Waals surface area contributed by atoms with E-state index in [0.717, 1.165) is 0 Å². The first-order chi connectivity index (χ1) is 10.5. The zero-order valence-electron chi connectivity index (χ0n) is 16.0. The molecule has 0 bridgehead atoms. The topological polar surface area (TPSA) is 0 Å². The molecule has 22 heavy (non-hydrogen) atoms. The van der Waals surface area contributed by atoms with Gasteiger partial charge in [-0.1, -0.05) is 75.0 Å². The zero-order chi connectivity index (χ0) is 16.8. The van der Waals surface area contributed by atoms with Crippen LogP contribution in [0.4, 0.5) is 0 Å². The van der Waals surface area contributed by atoms with Crippen molar-refractivity contribution < 1.29 is 0 Å². The molecule has 0 heterocycles. The van der Waals surface area contributed by atoms with Gasteiger partial charge in [-0.2, -0.15) is 0 Å². The predicted octanol–water partition coefficient (Wildman–Crippen LogP) is 7.93. The van der Waals surface area contributed by atoms with Crippen LogP contribution in [-0.4, -0.2) is 0 Å². The summed E-state index contributed by atoms with van der Waals surface area (Å²) in [6, 6.07) is 0.